The monoisotopic (exact) mass is 412 g/mol. The zero-order valence-electron chi connectivity index (χ0n) is 18.1. The lowest BCUT2D eigenvalue weighted by molar-refractivity contribution is 0.0525. The van der Waals surface area contributed by atoms with Crippen molar-refractivity contribution in [3.05, 3.63) is 58.7 Å². The fourth-order valence-electron chi connectivity index (χ4n) is 3.69. The molecule has 6 nitrogen and oxygen atoms in total. The summed E-state index contributed by atoms with van der Waals surface area (Å²) in [6.45, 7) is 10.3. The van der Waals surface area contributed by atoms with E-state index in [4.69, 9.17) is 19.3 Å². The molecule has 2 aliphatic rings. The van der Waals surface area contributed by atoms with E-state index in [2.05, 4.69) is 0 Å². The van der Waals surface area contributed by atoms with Crippen molar-refractivity contribution in [1.82, 2.24) is 0 Å². The molecule has 0 fully saturated rings. The number of carbonyl (C=O) groups is 2. The first-order valence-corrected chi connectivity index (χ1v) is 10.0. The van der Waals surface area contributed by atoms with Gasteiger partial charge in [0.25, 0.3) is 0 Å². The van der Waals surface area contributed by atoms with E-state index in [1.165, 1.54) is 0 Å². The number of hydrogen-bond donors (Lipinski definition) is 1. The average molecular weight is 412 g/mol. The summed E-state index contributed by atoms with van der Waals surface area (Å²) < 4.78 is 16.3. The van der Waals surface area contributed by atoms with Crippen LogP contribution in [0.5, 0.6) is 11.5 Å². The molecule has 2 aromatic rings. The molecule has 2 heterocycles. The van der Waals surface area contributed by atoms with E-state index in [0.29, 0.717) is 17.7 Å². The molecule has 0 saturated carbocycles. The first-order valence-electron chi connectivity index (χ1n) is 10.0. The van der Waals surface area contributed by atoms with Crippen molar-refractivity contribution in [2.75, 3.05) is 6.61 Å². The highest BCUT2D eigenvalue weighted by Gasteiger charge is 2.31. The van der Waals surface area contributed by atoms with Gasteiger partial charge in [-0.05, 0) is 82.1 Å². The van der Waals surface area contributed by atoms with E-state index < -0.39 is 5.97 Å². The maximum Gasteiger partial charge on any atom is 0.338 e. The van der Waals surface area contributed by atoms with Crippen molar-refractivity contribution in [3.63, 3.8) is 0 Å². The third-order valence-electron chi connectivity index (χ3n) is 4.88. The summed E-state index contributed by atoms with van der Waals surface area (Å²) >= 11 is 0. The summed E-state index contributed by atoms with van der Waals surface area (Å²) in [4.78, 5) is 22.3. The van der Waals surface area contributed by atoms with E-state index >= 15 is 0 Å². The van der Waals surface area contributed by atoms with Gasteiger partial charge >= 0.3 is 11.9 Å². The van der Waals surface area contributed by atoms with Crippen molar-refractivity contribution >= 4 is 11.9 Å². The van der Waals surface area contributed by atoms with Crippen LogP contribution in [0.4, 0.5) is 0 Å². The van der Waals surface area contributed by atoms with E-state index in [-0.39, 0.29) is 17.2 Å². The van der Waals surface area contributed by atoms with Gasteiger partial charge in [0.1, 0.15) is 22.7 Å². The molecule has 6 heteroatoms. The lowest BCUT2D eigenvalue weighted by Crippen LogP contribution is -2.24. The fourth-order valence-corrected chi connectivity index (χ4v) is 3.69. The second-order valence-corrected chi connectivity index (χ2v) is 8.75. The molecule has 0 atom stereocenters. The molecule has 4 rings (SSSR count). The van der Waals surface area contributed by atoms with Crippen LogP contribution in [-0.2, 0) is 17.6 Å². The van der Waals surface area contributed by atoms with Gasteiger partial charge in [-0.3, -0.25) is 0 Å². The van der Waals surface area contributed by atoms with Crippen LogP contribution >= 0.6 is 0 Å². The quantitative estimate of drug-likeness (QED) is 0.738. The minimum atomic E-state index is -0.891. The van der Waals surface area contributed by atoms with Crippen molar-refractivity contribution in [2.45, 2.75) is 58.7 Å². The summed E-state index contributed by atoms with van der Waals surface area (Å²) in [6.07, 6.45) is 1.60. The zero-order valence-corrected chi connectivity index (χ0v) is 18.1. The van der Waals surface area contributed by atoms with E-state index in [1.807, 2.05) is 39.8 Å². The number of ether oxygens (including phenoxy) is 3. The highest BCUT2D eigenvalue weighted by atomic mass is 16.5. The lowest BCUT2D eigenvalue weighted by Gasteiger charge is -2.16. The Labute approximate surface area is 176 Å². The van der Waals surface area contributed by atoms with Gasteiger partial charge in [0, 0.05) is 12.8 Å². The van der Waals surface area contributed by atoms with E-state index in [9.17, 15) is 9.59 Å². The van der Waals surface area contributed by atoms with Crippen LogP contribution in [0.2, 0.25) is 0 Å². The van der Waals surface area contributed by atoms with Gasteiger partial charge in [0.15, 0.2) is 0 Å². The van der Waals surface area contributed by atoms with Crippen LogP contribution in [-0.4, -0.2) is 34.9 Å². The van der Waals surface area contributed by atoms with E-state index in [0.717, 1.165) is 35.5 Å². The van der Waals surface area contributed by atoms with Crippen LogP contribution in [0.3, 0.4) is 0 Å². The van der Waals surface area contributed by atoms with Gasteiger partial charge in [-0.25, -0.2) is 9.59 Å². The normalized spacial score (nSPS) is 16.8. The van der Waals surface area contributed by atoms with Crippen molar-refractivity contribution < 1.29 is 28.9 Å². The number of rotatable bonds is 3. The number of aromatic carboxylic acids is 1. The first kappa shape index (κ1) is 21.7. The maximum atomic E-state index is 11.5. The second-order valence-electron chi connectivity index (χ2n) is 8.75. The summed E-state index contributed by atoms with van der Waals surface area (Å²) in [7, 11) is 0. The van der Waals surface area contributed by atoms with Gasteiger partial charge in [-0.2, -0.15) is 0 Å². The molecule has 0 unspecified atom stereocenters. The number of esters is 1. The lowest BCUT2D eigenvalue weighted by atomic mass is 10.0. The number of hydrogen-bond acceptors (Lipinski definition) is 5. The van der Waals surface area contributed by atoms with Crippen LogP contribution < -0.4 is 9.47 Å². The summed E-state index contributed by atoms with van der Waals surface area (Å²) in [5.74, 6) is 0.519. The second kappa shape index (κ2) is 8.01. The number of benzene rings is 2. The zero-order chi connectivity index (χ0) is 22.1. The minimum Gasteiger partial charge on any atom is -0.487 e. The standard InChI is InChI=1S/C13H16O3.C11H12O3/c1-4-15-12(14)9-5-6-11-10(7-9)8-13(2,3)16-11;1-11(2)6-8-5-7(10(12)13)3-4-9(8)14-11/h5-7H,4,8H2,1-3H3;3-5H,6H2,1-2H3,(H,12,13). The van der Waals surface area contributed by atoms with Crippen LogP contribution in [0.15, 0.2) is 36.4 Å². The smallest absolute Gasteiger partial charge is 0.338 e. The molecule has 0 bridgehead atoms. The third-order valence-corrected chi connectivity index (χ3v) is 4.88. The Hall–Kier alpha value is -3.02. The molecule has 30 heavy (non-hydrogen) atoms. The molecule has 0 amide bonds. The SMILES string of the molecule is CC1(C)Cc2cc(C(=O)O)ccc2O1.CCOC(=O)c1ccc2c(c1)CC(C)(C)O2. The highest BCUT2D eigenvalue weighted by molar-refractivity contribution is 5.90. The minimum absolute atomic E-state index is 0.171. The predicted octanol–water partition coefficient (Wildman–Crippen LogP) is 4.68. The topological polar surface area (TPSA) is 82.1 Å². The molecule has 1 N–H and O–H groups in total. The Bertz CT molecular complexity index is 974. The summed E-state index contributed by atoms with van der Waals surface area (Å²) in [5, 5.41) is 8.81. The molecule has 0 radical (unpaired) electrons. The molecular formula is C24H28O6. The molecule has 2 aromatic carbocycles. The van der Waals surface area contributed by atoms with Gasteiger partial charge in [0.05, 0.1) is 17.7 Å². The molecule has 0 spiro atoms. The van der Waals surface area contributed by atoms with Gasteiger partial charge in [-0.15, -0.1) is 0 Å². The molecule has 160 valence electrons. The Kier molecular flexibility index (Phi) is 5.79. The van der Waals surface area contributed by atoms with Crippen molar-refractivity contribution in [1.29, 1.82) is 0 Å². The summed E-state index contributed by atoms with van der Waals surface area (Å²) in [6, 6.07) is 10.4. The maximum absolute atomic E-state index is 11.5. The van der Waals surface area contributed by atoms with Crippen molar-refractivity contribution in [3.8, 4) is 11.5 Å². The number of fused-ring (bicyclic) bond motifs is 2. The first-order chi connectivity index (χ1) is 14.0. The molecule has 0 saturated heterocycles. The number of carboxylic acids is 1. The Morgan fingerprint density at radius 1 is 0.900 bits per heavy atom. The molecule has 2 aliphatic heterocycles. The average Bonchev–Trinajstić information content (AvgIpc) is 3.13. The van der Waals surface area contributed by atoms with Gasteiger partial charge in [-0.1, -0.05) is 0 Å². The molecule has 0 aromatic heterocycles. The largest absolute Gasteiger partial charge is 0.487 e. The van der Waals surface area contributed by atoms with Crippen LogP contribution in [0.25, 0.3) is 0 Å². The highest BCUT2D eigenvalue weighted by Crippen LogP contribution is 2.36. The Morgan fingerprint density at radius 3 is 1.83 bits per heavy atom. The number of carbonyl (C=O) groups excluding carboxylic acids is 1. The van der Waals surface area contributed by atoms with Gasteiger partial charge in [0.2, 0.25) is 0 Å². The molecular weight excluding hydrogens is 384 g/mol. The predicted molar refractivity (Wildman–Crippen MR) is 113 cm³/mol. The fraction of sp³-hybridized carbons (Fsp3) is 0.417. The number of carboxylic acid groups (broad SMARTS) is 1. The van der Waals surface area contributed by atoms with Crippen molar-refractivity contribution in [2.24, 2.45) is 0 Å². The Balaban J connectivity index is 0.000000172. The Morgan fingerprint density at radius 2 is 1.37 bits per heavy atom. The van der Waals surface area contributed by atoms with E-state index in [1.54, 1.807) is 31.2 Å². The molecule has 0 aliphatic carbocycles. The van der Waals surface area contributed by atoms with Crippen LogP contribution in [0, 0.1) is 0 Å². The summed E-state index contributed by atoms with van der Waals surface area (Å²) in [5.41, 5.74) is 2.60. The third kappa shape index (κ3) is 4.93. The van der Waals surface area contributed by atoms with Crippen LogP contribution in [0.1, 0.15) is 66.5 Å². The van der Waals surface area contributed by atoms with Gasteiger partial charge < -0.3 is 19.3 Å².